The van der Waals surface area contributed by atoms with Gasteiger partial charge in [0.1, 0.15) is 17.3 Å². The lowest BCUT2D eigenvalue weighted by Gasteiger charge is -2.29. The van der Waals surface area contributed by atoms with Crippen LogP contribution < -0.4 is 4.90 Å². The van der Waals surface area contributed by atoms with Crippen LogP contribution in [0, 0.1) is 17.6 Å². The molecule has 3 aromatic rings. The third-order valence-corrected chi connectivity index (χ3v) is 5.88. The largest absolute Gasteiger partial charge is 0.378 e. The molecule has 6 nitrogen and oxygen atoms in total. The van der Waals surface area contributed by atoms with Crippen LogP contribution in [0.2, 0.25) is 0 Å². The second-order valence-electron chi connectivity index (χ2n) is 8.81. The van der Waals surface area contributed by atoms with Gasteiger partial charge in [0, 0.05) is 30.8 Å². The Morgan fingerprint density at radius 3 is 2.59 bits per heavy atom. The number of ether oxygens (including phenoxy) is 1. The summed E-state index contributed by atoms with van der Waals surface area (Å²) in [7, 11) is 0. The van der Waals surface area contributed by atoms with Crippen molar-refractivity contribution in [3.63, 3.8) is 0 Å². The Bertz CT molecular complexity index is 1130. The molecule has 0 spiro atoms. The van der Waals surface area contributed by atoms with Gasteiger partial charge in [0.25, 0.3) is 5.91 Å². The van der Waals surface area contributed by atoms with Gasteiger partial charge in [-0.2, -0.15) is 0 Å². The zero-order valence-electron chi connectivity index (χ0n) is 19.5. The van der Waals surface area contributed by atoms with Gasteiger partial charge >= 0.3 is 0 Å². The maximum absolute atomic E-state index is 14.7. The topological polar surface area (TPSA) is 58.8 Å². The van der Waals surface area contributed by atoms with E-state index in [1.54, 1.807) is 29.2 Å². The van der Waals surface area contributed by atoms with Gasteiger partial charge in [0.2, 0.25) is 5.88 Å². The minimum atomic E-state index is -0.472. The number of carbonyl (C=O) groups excluding carboxylic acids is 1. The van der Waals surface area contributed by atoms with Gasteiger partial charge in [-0.05, 0) is 42.7 Å². The lowest BCUT2D eigenvalue weighted by Crippen LogP contribution is -2.37. The Morgan fingerprint density at radius 2 is 1.88 bits per heavy atom. The highest BCUT2D eigenvalue weighted by Gasteiger charge is 2.28. The zero-order chi connectivity index (χ0) is 24.1. The lowest BCUT2D eigenvalue weighted by atomic mass is 10.0. The van der Waals surface area contributed by atoms with Crippen molar-refractivity contribution in [1.29, 1.82) is 0 Å². The first kappa shape index (κ1) is 23.9. The maximum Gasteiger partial charge on any atom is 0.254 e. The van der Waals surface area contributed by atoms with Crippen LogP contribution in [0.25, 0.3) is 11.3 Å². The Labute approximate surface area is 198 Å². The number of morpholine rings is 1. The van der Waals surface area contributed by atoms with Gasteiger partial charge in [0.05, 0.1) is 25.3 Å². The molecule has 0 radical (unpaired) electrons. The highest BCUT2D eigenvalue weighted by atomic mass is 19.1. The predicted molar refractivity (Wildman–Crippen MR) is 126 cm³/mol. The third kappa shape index (κ3) is 5.44. The van der Waals surface area contributed by atoms with Gasteiger partial charge < -0.3 is 19.1 Å². The fraction of sp³-hybridized carbons (Fsp3) is 0.385. The standard InChI is InChI=1S/C26H29F2N3O3/c1-18(2)10-11-31(25(32)19-6-5-7-20(27)16-19)17-22-24(21-8-3-4-9-23(21)28)29-34-26(22)30-12-14-33-15-13-30/h3-9,16,18H,10-15,17H2,1-2H3. The van der Waals surface area contributed by atoms with E-state index in [0.29, 0.717) is 61.5 Å². The van der Waals surface area contributed by atoms with Gasteiger partial charge in [0.15, 0.2) is 0 Å². The normalized spacial score (nSPS) is 14.0. The number of hydrogen-bond acceptors (Lipinski definition) is 5. The average molecular weight is 470 g/mol. The van der Waals surface area contributed by atoms with E-state index in [-0.39, 0.29) is 18.0 Å². The summed E-state index contributed by atoms with van der Waals surface area (Å²) in [5.41, 5.74) is 1.56. The number of anilines is 1. The Kier molecular flexibility index (Phi) is 7.57. The first-order chi connectivity index (χ1) is 16.4. The van der Waals surface area contributed by atoms with E-state index >= 15 is 0 Å². The molecule has 4 rings (SSSR count). The van der Waals surface area contributed by atoms with Crippen molar-refractivity contribution < 1.29 is 22.8 Å². The van der Waals surface area contributed by atoms with Crippen LogP contribution in [0.3, 0.4) is 0 Å². The first-order valence-corrected chi connectivity index (χ1v) is 11.5. The number of halogens is 2. The number of carbonyl (C=O) groups is 1. The summed E-state index contributed by atoms with van der Waals surface area (Å²) in [6.07, 6.45) is 0.758. The molecule has 0 N–H and O–H groups in total. The summed E-state index contributed by atoms with van der Waals surface area (Å²) in [6.45, 7) is 7.04. The van der Waals surface area contributed by atoms with Crippen molar-refractivity contribution in [1.82, 2.24) is 10.1 Å². The molecule has 0 unspecified atom stereocenters. The lowest BCUT2D eigenvalue weighted by molar-refractivity contribution is 0.0734. The van der Waals surface area contributed by atoms with Crippen molar-refractivity contribution in [3.8, 4) is 11.3 Å². The van der Waals surface area contributed by atoms with Crippen LogP contribution in [-0.2, 0) is 11.3 Å². The fourth-order valence-electron chi connectivity index (χ4n) is 3.98. The molecule has 1 aliphatic rings. The molecule has 8 heteroatoms. The molecule has 1 aliphatic heterocycles. The van der Waals surface area contributed by atoms with E-state index in [2.05, 4.69) is 19.0 Å². The summed E-state index contributed by atoms with van der Waals surface area (Å²) < 4.78 is 39.8. The van der Waals surface area contributed by atoms with E-state index in [9.17, 15) is 13.6 Å². The number of aromatic nitrogens is 1. The molecule has 1 amide bonds. The van der Waals surface area contributed by atoms with Gasteiger partial charge in [-0.15, -0.1) is 0 Å². The molecule has 34 heavy (non-hydrogen) atoms. The van der Waals surface area contributed by atoms with E-state index in [0.717, 1.165) is 6.42 Å². The number of amides is 1. The van der Waals surface area contributed by atoms with E-state index in [1.807, 2.05) is 4.90 Å². The molecule has 0 bridgehead atoms. The maximum atomic E-state index is 14.7. The molecule has 0 atom stereocenters. The van der Waals surface area contributed by atoms with Crippen LogP contribution in [-0.4, -0.2) is 48.8 Å². The van der Waals surface area contributed by atoms with E-state index < -0.39 is 11.6 Å². The molecular weight excluding hydrogens is 440 g/mol. The summed E-state index contributed by atoms with van der Waals surface area (Å²) in [5, 5.41) is 4.22. The van der Waals surface area contributed by atoms with Crippen molar-refractivity contribution in [2.45, 2.75) is 26.8 Å². The van der Waals surface area contributed by atoms with Crippen molar-refractivity contribution in [2.75, 3.05) is 37.7 Å². The first-order valence-electron chi connectivity index (χ1n) is 11.5. The Morgan fingerprint density at radius 1 is 1.12 bits per heavy atom. The molecule has 1 saturated heterocycles. The monoisotopic (exact) mass is 469 g/mol. The molecule has 0 saturated carbocycles. The summed E-state index contributed by atoms with van der Waals surface area (Å²) in [6, 6.07) is 12.0. The second kappa shape index (κ2) is 10.8. The molecule has 2 heterocycles. The average Bonchev–Trinajstić information content (AvgIpc) is 3.25. The van der Waals surface area contributed by atoms with Crippen molar-refractivity contribution in [3.05, 3.63) is 71.3 Å². The molecule has 1 fully saturated rings. The van der Waals surface area contributed by atoms with Crippen LogP contribution in [0.5, 0.6) is 0 Å². The number of rotatable bonds is 8. The fourth-order valence-corrected chi connectivity index (χ4v) is 3.98. The van der Waals surface area contributed by atoms with E-state index in [1.165, 1.54) is 24.3 Å². The van der Waals surface area contributed by atoms with Crippen LogP contribution in [0.4, 0.5) is 14.7 Å². The minimum absolute atomic E-state index is 0.155. The van der Waals surface area contributed by atoms with Gasteiger partial charge in [-0.1, -0.05) is 37.2 Å². The number of hydrogen-bond donors (Lipinski definition) is 0. The molecule has 1 aromatic heterocycles. The SMILES string of the molecule is CC(C)CCN(Cc1c(-c2ccccc2F)noc1N1CCOCC1)C(=O)c1cccc(F)c1. The predicted octanol–water partition coefficient (Wildman–Crippen LogP) is 5.14. The van der Waals surface area contributed by atoms with Gasteiger partial charge in [-0.3, -0.25) is 4.79 Å². The summed E-state index contributed by atoms with van der Waals surface area (Å²) in [4.78, 5) is 17.1. The Hall–Kier alpha value is -3.26. The smallest absolute Gasteiger partial charge is 0.254 e. The summed E-state index contributed by atoms with van der Waals surface area (Å²) in [5.74, 6) is -0.330. The van der Waals surface area contributed by atoms with Crippen LogP contribution in [0.15, 0.2) is 53.1 Å². The van der Waals surface area contributed by atoms with Crippen LogP contribution >= 0.6 is 0 Å². The minimum Gasteiger partial charge on any atom is -0.378 e. The number of benzene rings is 2. The van der Waals surface area contributed by atoms with E-state index in [4.69, 9.17) is 9.26 Å². The second-order valence-corrected chi connectivity index (χ2v) is 8.81. The third-order valence-electron chi connectivity index (χ3n) is 5.88. The highest BCUT2D eigenvalue weighted by molar-refractivity contribution is 5.94. The van der Waals surface area contributed by atoms with Crippen LogP contribution in [0.1, 0.15) is 36.2 Å². The highest BCUT2D eigenvalue weighted by Crippen LogP contribution is 2.34. The van der Waals surface area contributed by atoms with Gasteiger partial charge in [-0.25, -0.2) is 8.78 Å². The molecule has 0 aliphatic carbocycles. The molecule has 2 aromatic carbocycles. The quantitative estimate of drug-likeness (QED) is 0.457. The van der Waals surface area contributed by atoms with Crippen molar-refractivity contribution >= 4 is 11.8 Å². The number of nitrogens with zero attached hydrogens (tertiary/aromatic N) is 3. The zero-order valence-corrected chi connectivity index (χ0v) is 19.5. The summed E-state index contributed by atoms with van der Waals surface area (Å²) >= 11 is 0. The van der Waals surface area contributed by atoms with Crippen molar-refractivity contribution in [2.24, 2.45) is 5.92 Å². The molecule has 180 valence electrons. The Balaban J connectivity index is 1.74. The molecular formula is C26H29F2N3O3.